The van der Waals surface area contributed by atoms with Crippen LogP contribution in [0.5, 0.6) is 0 Å². The minimum absolute atomic E-state index is 0.0256. The molecule has 1 aromatic rings. The Hall–Kier alpha value is -0.940. The summed E-state index contributed by atoms with van der Waals surface area (Å²) < 4.78 is 15.3. The van der Waals surface area contributed by atoms with Crippen LogP contribution in [0.1, 0.15) is 37.6 Å². The van der Waals surface area contributed by atoms with E-state index in [0.717, 1.165) is 11.3 Å². The van der Waals surface area contributed by atoms with E-state index in [1.165, 1.54) is 0 Å². The fraction of sp³-hybridized carbons (Fsp3) is 0.769. The summed E-state index contributed by atoms with van der Waals surface area (Å²) in [4.78, 5) is 2.01. The third kappa shape index (κ3) is 2.72. The van der Waals surface area contributed by atoms with Crippen LogP contribution in [-0.2, 0) is 6.54 Å². The van der Waals surface area contributed by atoms with Gasteiger partial charge in [-0.1, -0.05) is 0 Å². The molecule has 0 saturated carbocycles. The molecule has 1 saturated heterocycles. The molecule has 1 N–H and O–H groups in total. The van der Waals surface area contributed by atoms with Gasteiger partial charge in [0, 0.05) is 36.9 Å². The van der Waals surface area contributed by atoms with Crippen molar-refractivity contribution in [2.45, 2.75) is 52.0 Å². The Morgan fingerprint density at radius 1 is 1.56 bits per heavy atom. The number of halogens is 1. The van der Waals surface area contributed by atoms with Crippen LogP contribution >= 0.6 is 0 Å². The second-order valence-electron chi connectivity index (χ2n) is 5.41. The van der Waals surface area contributed by atoms with Gasteiger partial charge >= 0.3 is 0 Å². The van der Waals surface area contributed by atoms with E-state index in [0.29, 0.717) is 25.6 Å². The topological polar surface area (TPSA) is 41.3 Å². The summed E-state index contributed by atoms with van der Waals surface area (Å²) in [6.07, 6.45) is 1.65. The minimum atomic E-state index is -0.817. The number of aryl methyl sites for hydroxylation is 1. The summed E-state index contributed by atoms with van der Waals surface area (Å²) in [6.45, 7) is 7.26. The molecule has 0 bridgehead atoms. The Kier molecular flexibility index (Phi) is 4.02. The lowest BCUT2D eigenvalue weighted by molar-refractivity contribution is 0.153. The highest BCUT2D eigenvalue weighted by atomic mass is 19.1. The van der Waals surface area contributed by atoms with Crippen molar-refractivity contribution in [2.24, 2.45) is 0 Å². The fourth-order valence-electron chi connectivity index (χ4n) is 2.46. The summed E-state index contributed by atoms with van der Waals surface area (Å²) in [5, 5.41) is 13.7. The van der Waals surface area contributed by atoms with E-state index in [2.05, 4.69) is 18.9 Å². The van der Waals surface area contributed by atoms with Crippen molar-refractivity contribution < 1.29 is 9.50 Å². The molecular formula is C13H22FN3O. The summed E-state index contributed by atoms with van der Waals surface area (Å²) in [7, 11) is 0. The third-order valence-electron chi connectivity index (χ3n) is 3.61. The molecule has 2 rings (SSSR count). The fourth-order valence-corrected chi connectivity index (χ4v) is 2.46. The molecular weight excluding hydrogens is 233 g/mol. The maximum atomic E-state index is 13.4. The highest BCUT2D eigenvalue weighted by Gasteiger charge is 2.31. The average molecular weight is 255 g/mol. The standard InChI is InChI=1S/C13H22FN3O/c1-9(2)17-6-11(10(3)15-17)5-16-7-12(14)4-13(16)8-18/h6,9,12-13,18H,4-5,7-8H2,1-3H3/t12-,13-/m0/s1. The largest absolute Gasteiger partial charge is 0.395 e. The molecule has 102 valence electrons. The number of aliphatic hydroxyl groups excluding tert-OH is 1. The molecule has 1 aromatic heterocycles. The van der Waals surface area contributed by atoms with Gasteiger partial charge in [0.25, 0.3) is 0 Å². The Balaban J connectivity index is 2.09. The number of likely N-dealkylation sites (tertiary alicyclic amines) is 1. The van der Waals surface area contributed by atoms with Gasteiger partial charge in [-0.25, -0.2) is 4.39 Å². The minimum Gasteiger partial charge on any atom is -0.395 e. The highest BCUT2D eigenvalue weighted by molar-refractivity contribution is 5.16. The van der Waals surface area contributed by atoms with Crippen molar-refractivity contribution in [3.63, 3.8) is 0 Å². The van der Waals surface area contributed by atoms with Gasteiger partial charge in [0.05, 0.1) is 12.3 Å². The van der Waals surface area contributed by atoms with Crippen molar-refractivity contribution in [2.75, 3.05) is 13.2 Å². The second kappa shape index (κ2) is 5.36. The van der Waals surface area contributed by atoms with Crippen LogP contribution in [0.3, 0.4) is 0 Å². The molecule has 0 aromatic carbocycles. The van der Waals surface area contributed by atoms with Gasteiger partial charge in [-0.3, -0.25) is 9.58 Å². The third-order valence-corrected chi connectivity index (χ3v) is 3.61. The van der Waals surface area contributed by atoms with Gasteiger partial charge in [-0.15, -0.1) is 0 Å². The first kappa shape index (κ1) is 13.5. The first-order valence-electron chi connectivity index (χ1n) is 6.55. The van der Waals surface area contributed by atoms with E-state index in [1.807, 2.05) is 22.7 Å². The lowest BCUT2D eigenvalue weighted by Crippen LogP contribution is -2.31. The van der Waals surface area contributed by atoms with E-state index >= 15 is 0 Å². The van der Waals surface area contributed by atoms with Crippen molar-refractivity contribution in [3.8, 4) is 0 Å². The molecule has 2 heterocycles. The Labute approximate surface area is 107 Å². The number of hydrogen-bond donors (Lipinski definition) is 1. The molecule has 0 aliphatic carbocycles. The predicted molar refractivity (Wildman–Crippen MR) is 68.1 cm³/mol. The van der Waals surface area contributed by atoms with Gasteiger partial charge in [0.2, 0.25) is 0 Å². The van der Waals surface area contributed by atoms with Gasteiger partial charge < -0.3 is 5.11 Å². The molecule has 2 atom stereocenters. The number of hydrogen-bond acceptors (Lipinski definition) is 3. The number of aliphatic hydroxyl groups is 1. The van der Waals surface area contributed by atoms with Crippen molar-refractivity contribution >= 4 is 0 Å². The normalized spacial score (nSPS) is 25.2. The number of rotatable bonds is 4. The first-order valence-corrected chi connectivity index (χ1v) is 6.55. The van der Waals surface area contributed by atoms with Crippen molar-refractivity contribution in [1.29, 1.82) is 0 Å². The van der Waals surface area contributed by atoms with Crippen LogP contribution in [0.4, 0.5) is 4.39 Å². The van der Waals surface area contributed by atoms with E-state index in [4.69, 9.17) is 0 Å². The van der Waals surface area contributed by atoms with Gasteiger partial charge in [0.1, 0.15) is 6.17 Å². The molecule has 4 nitrogen and oxygen atoms in total. The maximum absolute atomic E-state index is 13.4. The van der Waals surface area contributed by atoms with Crippen LogP contribution in [0.25, 0.3) is 0 Å². The molecule has 1 aliphatic heterocycles. The molecule has 0 radical (unpaired) electrons. The van der Waals surface area contributed by atoms with E-state index < -0.39 is 6.17 Å². The Morgan fingerprint density at radius 2 is 2.28 bits per heavy atom. The predicted octanol–water partition coefficient (Wildman–Crippen LogP) is 1.68. The zero-order valence-corrected chi connectivity index (χ0v) is 11.3. The monoisotopic (exact) mass is 255 g/mol. The van der Waals surface area contributed by atoms with E-state index in [9.17, 15) is 9.50 Å². The van der Waals surface area contributed by atoms with Crippen LogP contribution in [-0.4, -0.2) is 45.2 Å². The number of alkyl halides is 1. The molecule has 0 spiro atoms. The summed E-state index contributed by atoms with van der Waals surface area (Å²) in [6, 6.07) is 0.278. The van der Waals surface area contributed by atoms with Crippen LogP contribution < -0.4 is 0 Å². The van der Waals surface area contributed by atoms with Gasteiger partial charge in [-0.2, -0.15) is 5.10 Å². The van der Waals surface area contributed by atoms with E-state index in [-0.39, 0.29) is 12.6 Å². The molecule has 1 fully saturated rings. The summed E-state index contributed by atoms with van der Waals surface area (Å²) in [5.41, 5.74) is 2.11. The smallest absolute Gasteiger partial charge is 0.114 e. The number of aromatic nitrogens is 2. The lowest BCUT2D eigenvalue weighted by Gasteiger charge is -2.21. The zero-order chi connectivity index (χ0) is 13.3. The summed E-state index contributed by atoms with van der Waals surface area (Å²) >= 11 is 0. The van der Waals surface area contributed by atoms with E-state index in [1.54, 1.807) is 0 Å². The lowest BCUT2D eigenvalue weighted by atomic mass is 10.2. The molecule has 5 heteroatoms. The maximum Gasteiger partial charge on any atom is 0.114 e. The van der Waals surface area contributed by atoms with Crippen molar-refractivity contribution in [1.82, 2.24) is 14.7 Å². The molecule has 0 amide bonds. The SMILES string of the molecule is Cc1nn(C(C)C)cc1CN1C[C@@H](F)C[C@H]1CO. The highest BCUT2D eigenvalue weighted by Crippen LogP contribution is 2.23. The second-order valence-corrected chi connectivity index (χ2v) is 5.41. The van der Waals surface area contributed by atoms with Crippen LogP contribution in [0, 0.1) is 6.92 Å². The van der Waals surface area contributed by atoms with Crippen LogP contribution in [0.2, 0.25) is 0 Å². The summed E-state index contributed by atoms with van der Waals surface area (Å²) in [5.74, 6) is 0. The Morgan fingerprint density at radius 3 is 2.83 bits per heavy atom. The molecule has 0 unspecified atom stereocenters. The van der Waals surface area contributed by atoms with Gasteiger partial charge in [0.15, 0.2) is 0 Å². The van der Waals surface area contributed by atoms with Crippen LogP contribution in [0.15, 0.2) is 6.20 Å². The Bertz CT molecular complexity index is 405. The molecule has 18 heavy (non-hydrogen) atoms. The average Bonchev–Trinajstić information content (AvgIpc) is 2.84. The quantitative estimate of drug-likeness (QED) is 0.890. The van der Waals surface area contributed by atoms with Crippen molar-refractivity contribution in [3.05, 3.63) is 17.5 Å². The number of nitrogens with zero attached hydrogens (tertiary/aromatic N) is 3. The van der Waals surface area contributed by atoms with Gasteiger partial charge in [-0.05, 0) is 27.2 Å². The molecule has 1 aliphatic rings. The zero-order valence-electron chi connectivity index (χ0n) is 11.3. The first-order chi connectivity index (χ1) is 8.51.